The van der Waals surface area contributed by atoms with E-state index in [-0.39, 0.29) is 17.4 Å². The van der Waals surface area contributed by atoms with Crippen LogP contribution in [0.2, 0.25) is 0 Å². The van der Waals surface area contributed by atoms with Gasteiger partial charge in [0.1, 0.15) is 10.3 Å². The van der Waals surface area contributed by atoms with Crippen LogP contribution in [0.4, 0.5) is 13.2 Å². The highest BCUT2D eigenvalue weighted by Gasteiger charge is 2.37. The van der Waals surface area contributed by atoms with Crippen LogP contribution in [0, 0.1) is 0 Å². The normalized spacial score (nSPS) is 15.3. The largest absolute Gasteiger partial charge is 0.507 e. The number of halogens is 3. The first kappa shape index (κ1) is 22.3. The number of sulfone groups is 1. The number of carbonyl (C=O) groups excluding carboxylic acids is 1. The van der Waals surface area contributed by atoms with Crippen LogP contribution in [0.25, 0.3) is 0 Å². The smallest absolute Gasteiger partial charge is 0.454 e. The minimum atomic E-state index is -5.14. The number of carbonyl (C=O) groups is 1. The molecule has 0 aliphatic rings. The Balaban J connectivity index is 5.59. The molecule has 0 amide bonds. The summed E-state index contributed by atoms with van der Waals surface area (Å²) in [6, 6.07) is 0. The predicted octanol–water partition coefficient (Wildman–Crippen LogP) is 3.87. The summed E-state index contributed by atoms with van der Waals surface area (Å²) in [5, 5.41) is 9.73. The molecule has 134 valence electrons. The maximum absolute atomic E-state index is 12.2. The van der Waals surface area contributed by atoms with Gasteiger partial charge in [0.2, 0.25) is 0 Å². The van der Waals surface area contributed by atoms with E-state index in [1.165, 1.54) is 18.2 Å². The molecule has 0 aromatic heterocycles. The van der Waals surface area contributed by atoms with Gasteiger partial charge in [-0.25, -0.2) is 8.42 Å². The Bertz CT molecular complexity index is 671. The lowest BCUT2D eigenvalue weighted by Gasteiger charge is -2.15. The minimum absolute atomic E-state index is 0.00124. The minimum Gasteiger partial charge on any atom is -0.507 e. The van der Waals surface area contributed by atoms with Crippen molar-refractivity contribution in [3.8, 4) is 0 Å². The second-order valence-corrected chi connectivity index (χ2v) is 8.21. The van der Waals surface area contributed by atoms with Crippen molar-refractivity contribution < 1.29 is 31.5 Å². The van der Waals surface area contributed by atoms with Gasteiger partial charge < -0.3 is 5.11 Å². The molecule has 0 heterocycles. The molecule has 0 aromatic rings. The van der Waals surface area contributed by atoms with Gasteiger partial charge in [-0.1, -0.05) is 37.5 Å². The molecule has 0 fully saturated rings. The molecular formula is C15H17F3O4S2. The second kappa shape index (κ2) is 9.53. The molecule has 0 spiro atoms. The third kappa shape index (κ3) is 8.21. The maximum Gasteiger partial charge on any atom is 0.454 e. The molecule has 0 bridgehead atoms. The highest BCUT2D eigenvalue weighted by molar-refractivity contribution is 8.15. The number of alkyl halides is 3. The number of hydrogen-bond donors (Lipinski definition) is 1. The zero-order chi connectivity index (χ0) is 19.0. The van der Waals surface area contributed by atoms with E-state index in [1.807, 2.05) is 0 Å². The van der Waals surface area contributed by atoms with Crippen LogP contribution in [0.15, 0.2) is 60.3 Å². The number of allylic oxidation sites excluding steroid dienone is 6. The molecule has 1 atom stereocenters. The first-order valence-electron chi connectivity index (χ1n) is 6.41. The average Bonchev–Trinajstić information content (AvgIpc) is 2.43. The van der Waals surface area contributed by atoms with E-state index in [0.29, 0.717) is 11.8 Å². The monoisotopic (exact) mass is 382 g/mol. The Labute approximate surface area is 143 Å². The fraction of sp³-hybridized carbons (Fsp3) is 0.267. The van der Waals surface area contributed by atoms with Crippen molar-refractivity contribution in [3.05, 3.63) is 60.3 Å². The highest BCUT2D eigenvalue weighted by atomic mass is 32.3. The van der Waals surface area contributed by atoms with Crippen LogP contribution in [-0.2, 0) is 14.6 Å². The third-order valence-electron chi connectivity index (χ3n) is 2.41. The number of aliphatic hydroxyl groups is 1. The summed E-state index contributed by atoms with van der Waals surface area (Å²) in [6.45, 7) is 6.78. The van der Waals surface area contributed by atoms with Gasteiger partial charge in [-0.05, 0) is 12.5 Å². The van der Waals surface area contributed by atoms with Crippen LogP contribution >= 0.6 is 11.8 Å². The molecule has 0 rings (SSSR count). The molecule has 0 saturated heterocycles. The SMILES string of the molecule is C=C/C=C\CC(SC(=C\C=C)/C(O)=C/C(=O)C(F)(F)F)S(C)(=O)=O. The lowest BCUT2D eigenvalue weighted by molar-refractivity contribution is -0.165. The van der Waals surface area contributed by atoms with E-state index in [9.17, 15) is 31.5 Å². The van der Waals surface area contributed by atoms with Crippen molar-refractivity contribution in [1.82, 2.24) is 0 Å². The Morgan fingerprint density at radius 3 is 2.29 bits per heavy atom. The van der Waals surface area contributed by atoms with Crippen LogP contribution in [0.3, 0.4) is 0 Å². The van der Waals surface area contributed by atoms with Crippen molar-refractivity contribution in [3.63, 3.8) is 0 Å². The summed E-state index contributed by atoms with van der Waals surface area (Å²) in [4.78, 5) is 10.7. The lowest BCUT2D eigenvalue weighted by atomic mass is 10.3. The Hall–Kier alpha value is -1.74. The van der Waals surface area contributed by atoms with Crippen molar-refractivity contribution in [2.24, 2.45) is 0 Å². The zero-order valence-corrected chi connectivity index (χ0v) is 14.4. The van der Waals surface area contributed by atoms with Crippen molar-refractivity contribution >= 4 is 27.4 Å². The number of rotatable bonds is 9. The van der Waals surface area contributed by atoms with Gasteiger partial charge in [0.05, 0.1) is 4.91 Å². The molecule has 1 N–H and O–H groups in total. The Morgan fingerprint density at radius 1 is 1.29 bits per heavy atom. The number of thioether (sulfide) groups is 1. The molecular weight excluding hydrogens is 365 g/mol. The molecule has 0 saturated carbocycles. The molecule has 24 heavy (non-hydrogen) atoms. The van der Waals surface area contributed by atoms with Crippen LogP contribution < -0.4 is 0 Å². The molecule has 0 aromatic carbocycles. The van der Waals surface area contributed by atoms with Gasteiger partial charge in [0, 0.05) is 12.3 Å². The van der Waals surface area contributed by atoms with Gasteiger partial charge in [0.15, 0.2) is 9.84 Å². The first-order valence-corrected chi connectivity index (χ1v) is 9.25. The summed E-state index contributed by atoms with van der Waals surface area (Å²) >= 11 is 0.611. The van der Waals surface area contributed by atoms with E-state index >= 15 is 0 Å². The van der Waals surface area contributed by atoms with Crippen LogP contribution in [-0.4, -0.2) is 36.3 Å². The van der Waals surface area contributed by atoms with Crippen LogP contribution in [0.1, 0.15) is 6.42 Å². The standard InChI is InChI=1S/C15H17F3O4S2/c1-4-6-7-9-14(24(3,21)22)23-12(8-5-2)11(19)10-13(20)15(16,17)18/h4-8,10,14,19H,1-2,9H2,3H3/b7-6-,11-10-,12-8-. The molecule has 1 unspecified atom stereocenters. The average molecular weight is 382 g/mol. The summed E-state index contributed by atoms with van der Waals surface area (Å²) in [7, 11) is -3.59. The maximum atomic E-state index is 12.2. The first-order chi connectivity index (χ1) is 10.9. The van der Waals surface area contributed by atoms with E-state index in [1.54, 1.807) is 0 Å². The van der Waals surface area contributed by atoms with Gasteiger partial charge in [0.25, 0.3) is 5.78 Å². The number of hydrogen-bond acceptors (Lipinski definition) is 5. The van der Waals surface area contributed by atoms with Gasteiger partial charge >= 0.3 is 6.18 Å². The molecule has 0 aliphatic heterocycles. The fourth-order valence-electron chi connectivity index (χ4n) is 1.31. The number of ketones is 1. The van der Waals surface area contributed by atoms with Crippen molar-refractivity contribution in [2.75, 3.05) is 6.26 Å². The second-order valence-electron chi connectivity index (χ2n) is 4.43. The summed E-state index contributed by atoms with van der Waals surface area (Å²) < 4.78 is 59.3. The number of aliphatic hydroxyl groups excluding tert-OH is 1. The van der Waals surface area contributed by atoms with E-state index in [4.69, 9.17) is 0 Å². The summed E-state index contributed by atoms with van der Waals surface area (Å²) in [6.07, 6.45) is 2.59. The van der Waals surface area contributed by atoms with Gasteiger partial charge in [-0.2, -0.15) is 13.2 Å². The van der Waals surface area contributed by atoms with Gasteiger partial charge in [-0.3, -0.25) is 4.79 Å². The van der Waals surface area contributed by atoms with Gasteiger partial charge in [-0.15, -0.1) is 11.8 Å². The third-order valence-corrected chi connectivity index (χ3v) is 5.94. The summed E-state index contributed by atoms with van der Waals surface area (Å²) in [5.41, 5.74) is 0. The van der Waals surface area contributed by atoms with Crippen LogP contribution in [0.5, 0.6) is 0 Å². The lowest BCUT2D eigenvalue weighted by Crippen LogP contribution is -2.21. The Kier molecular flexibility index (Phi) is 8.84. The zero-order valence-electron chi connectivity index (χ0n) is 12.8. The Morgan fingerprint density at radius 2 is 1.88 bits per heavy atom. The summed E-state index contributed by atoms with van der Waals surface area (Å²) in [5.74, 6) is -3.23. The molecule has 0 radical (unpaired) electrons. The van der Waals surface area contributed by atoms with Crippen molar-refractivity contribution in [1.29, 1.82) is 0 Å². The van der Waals surface area contributed by atoms with E-state index in [0.717, 1.165) is 18.4 Å². The fourth-order valence-corrected chi connectivity index (χ4v) is 3.62. The molecule has 9 heteroatoms. The van der Waals surface area contributed by atoms with E-state index in [2.05, 4.69) is 13.2 Å². The quantitative estimate of drug-likeness (QED) is 0.372. The predicted molar refractivity (Wildman–Crippen MR) is 90.2 cm³/mol. The molecule has 0 aliphatic carbocycles. The topological polar surface area (TPSA) is 71.4 Å². The molecule has 4 nitrogen and oxygen atoms in total. The highest BCUT2D eigenvalue weighted by Crippen LogP contribution is 2.32. The van der Waals surface area contributed by atoms with E-state index < -0.39 is 32.1 Å². The van der Waals surface area contributed by atoms with Crippen molar-refractivity contribution in [2.45, 2.75) is 17.2 Å².